The zero-order valence-corrected chi connectivity index (χ0v) is 25.8. The summed E-state index contributed by atoms with van der Waals surface area (Å²) in [7, 11) is 3.33. The van der Waals surface area contributed by atoms with E-state index in [0.29, 0.717) is 39.6 Å². The number of benzene rings is 1. The Morgan fingerprint density at radius 3 is 2.03 bits per heavy atom. The van der Waals surface area contributed by atoms with Crippen molar-refractivity contribution in [2.24, 2.45) is 0 Å². The number of aromatic nitrogens is 1. The van der Waals surface area contributed by atoms with Gasteiger partial charge in [-0.2, -0.15) is 11.6 Å². The molecule has 0 amide bonds. The molecule has 0 saturated heterocycles. The van der Waals surface area contributed by atoms with Crippen LogP contribution in [0.4, 0.5) is 0 Å². The fourth-order valence-corrected chi connectivity index (χ4v) is 5.90. The topological polar surface area (TPSA) is 44.9 Å². The monoisotopic (exact) mass is 638 g/mol. The summed E-state index contributed by atoms with van der Waals surface area (Å²) in [6.45, 7) is 11.3. The van der Waals surface area contributed by atoms with Crippen LogP contribution in [0, 0.1) is 40.9 Å². The van der Waals surface area contributed by atoms with Crippen molar-refractivity contribution in [1.82, 2.24) is 4.48 Å². The van der Waals surface area contributed by atoms with Crippen molar-refractivity contribution < 1.29 is 23.4 Å². The van der Waals surface area contributed by atoms with Crippen molar-refractivity contribution in [3.63, 3.8) is 0 Å². The molecular formula is C31H36BIN2O4. The third kappa shape index (κ3) is 5.96. The molecule has 0 spiro atoms. The summed E-state index contributed by atoms with van der Waals surface area (Å²) < 4.78 is 27.6. The third-order valence-corrected chi connectivity index (χ3v) is 7.73. The lowest BCUT2D eigenvalue weighted by molar-refractivity contribution is -0.329. The Morgan fingerprint density at radius 2 is 1.46 bits per heavy atom. The minimum Gasteiger partial charge on any atom is -0.435 e. The highest BCUT2D eigenvalue weighted by Gasteiger charge is 2.50. The van der Waals surface area contributed by atoms with E-state index in [1.54, 1.807) is 14.2 Å². The Kier molecular flexibility index (Phi) is 9.93. The van der Waals surface area contributed by atoms with Crippen LogP contribution in [0.1, 0.15) is 36.4 Å². The molecule has 204 valence electrons. The van der Waals surface area contributed by atoms with E-state index in [4.69, 9.17) is 18.9 Å². The maximum Gasteiger partial charge on any atom is 0.520 e. The summed E-state index contributed by atoms with van der Waals surface area (Å²) in [6.07, 6.45) is 0.344. The van der Waals surface area contributed by atoms with E-state index in [9.17, 15) is 0 Å². The molecule has 0 atom stereocenters. The molecule has 0 aliphatic carbocycles. The van der Waals surface area contributed by atoms with E-state index >= 15 is 0 Å². The van der Waals surface area contributed by atoms with Crippen molar-refractivity contribution in [1.29, 1.82) is 0 Å². The highest BCUT2D eigenvalue weighted by Crippen LogP contribution is 2.43. The average Bonchev–Trinajstić information content (AvgIpc) is 3.39. The van der Waals surface area contributed by atoms with Crippen molar-refractivity contribution in [3.05, 3.63) is 73.8 Å². The number of fused-ring (bicyclic) bond motifs is 2. The van der Waals surface area contributed by atoms with Crippen LogP contribution < -0.4 is 0 Å². The lowest BCUT2D eigenvalue weighted by Gasteiger charge is -2.39. The van der Waals surface area contributed by atoms with Crippen molar-refractivity contribution in [2.75, 3.05) is 53.9 Å². The molecule has 39 heavy (non-hydrogen) atoms. The average molecular weight is 638 g/mol. The van der Waals surface area contributed by atoms with Crippen molar-refractivity contribution in [3.8, 4) is 23.5 Å². The fourth-order valence-electron chi connectivity index (χ4n) is 5.54. The Labute approximate surface area is 246 Å². The molecule has 4 rings (SSSR count). The molecule has 0 radical (unpaired) electrons. The van der Waals surface area contributed by atoms with Crippen LogP contribution >= 0.6 is 22.6 Å². The van der Waals surface area contributed by atoms with Gasteiger partial charge >= 0.3 is 6.42 Å². The molecule has 3 heterocycles. The van der Waals surface area contributed by atoms with Crippen LogP contribution in [-0.4, -0.2) is 75.0 Å². The standard InChI is InChI=1S/C31H36BIN2O4/c1-23-21-25(3)34-30(23)29(27-9-11-28(33)12-10-27)31-24(2)22-26(4)35(31)32(34,13-7-15-38-19-17-36-5)14-8-16-39-20-18-37-6/h9-12,21-22H,15-20H2,1-6H3. The minimum atomic E-state index is -1.90. The summed E-state index contributed by atoms with van der Waals surface area (Å²) in [4.78, 5) is 0. The van der Waals surface area contributed by atoms with Crippen molar-refractivity contribution >= 4 is 40.3 Å². The molecule has 2 aromatic rings. The first-order valence-electron chi connectivity index (χ1n) is 13.2. The predicted molar refractivity (Wildman–Crippen MR) is 166 cm³/mol. The lowest BCUT2D eigenvalue weighted by atomic mass is 9.45. The largest absolute Gasteiger partial charge is 0.520 e. The molecule has 2 aliphatic rings. The first kappa shape index (κ1) is 29.4. The van der Waals surface area contributed by atoms with Gasteiger partial charge in [0.2, 0.25) is 0 Å². The van der Waals surface area contributed by atoms with Gasteiger partial charge in [-0.25, -0.2) is 0 Å². The van der Waals surface area contributed by atoms with Gasteiger partial charge in [0.25, 0.3) is 0 Å². The molecule has 2 aliphatic heterocycles. The first-order valence-corrected chi connectivity index (χ1v) is 14.2. The first-order chi connectivity index (χ1) is 18.9. The summed E-state index contributed by atoms with van der Waals surface area (Å²) in [5.41, 5.74) is 9.34. The Morgan fingerprint density at radius 1 is 0.872 bits per heavy atom. The van der Waals surface area contributed by atoms with Gasteiger partial charge in [-0.05, 0) is 78.4 Å². The number of allylic oxidation sites excluding steroid dienone is 2. The van der Waals surface area contributed by atoms with Gasteiger partial charge in [0.05, 0.1) is 32.0 Å². The molecule has 0 fully saturated rings. The van der Waals surface area contributed by atoms with Crippen molar-refractivity contribution in [2.45, 2.75) is 27.7 Å². The third-order valence-electron chi connectivity index (χ3n) is 7.01. The second-order valence-electron chi connectivity index (χ2n) is 9.77. The summed E-state index contributed by atoms with van der Waals surface area (Å²) in [5, 5.41) is 0. The molecule has 0 N–H and O–H groups in total. The van der Waals surface area contributed by atoms with E-state index in [2.05, 4.69) is 119 Å². The molecule has 1 aromatic heterocycles. The van der Waals surface area contributed by atoms with Crippen LogP contribution in [0.2, 0.25) is 0 Å². The predicted octanol–water partition coefficient (Wildman–Crippen LogP) is 4.62. The second-order valence-corrected chi connectivity index (χ2v) is 11.0. The number of nitrogens with zero attached hydrogens (tertiary/aromatic N) is 2. The number of aryl methyl sites for hydroxylation is 2. The number of hydrogen-bond acceptors (Lipinski definition) is 4. The van der Waals surface area contributed by atoms with Crippen LogP contribution in [0.5, 0.6) is 0 Å². The van der Waals surface area contributed by atoms with Gasteiger partial charge in [0.1, 0.15) is 18.9 Å². The van der Waals surface area contributed by atoms with Gasteiger partial charge in [-0.3, -0.25) is 0 Å². The van der Waals surface area contributed by atoms with E-state index in [-0.39, 0.29) is 0 Å². The van der Waals surface area contributed by atoms with E-state index in [1.807, 2.05) is 0 Å². The second kappa shape index (κ2) is 13.2. The number of ether oxygens (including phenoxy) is 4. The quantitative estimate of drug-likeness (QED) is 0.174. The Hall–Kier alpha value is -2.60. The van der Waals surface area contributed by atoms with Gasteiger partial charge in [0, 0.05) is 42.1 Å². The zero-order valence-electron chi connectivity index (χ0n) is 23.7. The molecule has 1 aromatic carbocycles. The number of methoxy groups -OCH3 is 2. The van der Waals surface area contributed by atoms with Crippen LogP contribution in [-0.2, 0) is 18.9 Å². The number of halogens is 1. The summed E-state index contributed by atoms with van der Waals surface area (Å²) in [6, 6.07) is 11.0. The zero-order chi connectivity index (χ0) is 28.0. The molecule has 8 heteroatoms. The van der Waals surface area contributed by atoms with Gasteiger partial charge in [-0.15, -0.1) is 11.8 Å². The SMILES string of the molecule is COCCOCC#C[B-]1(C#CCOCCOC)n2c(C)cc(C)c2C(c2ccc(I)cc2)=C2C(C)=CC(C)=[N+]21. The van der Waals surface area contributed by atoms with Crippen LogP contribution in [0.3, 0.4) is 0 Å². The number of rotatable bonds is 9. The lowest BCUT2D eigenvalue weighted by Crippen LogP contribution is -2.57. The summed E-state index contributed by atoms with van der Waals surface area (Å²) >= 11 is 2.36. The fraction of sp³-hybridized carbons (Fsp3) is 0.387. The maximum absolute atomic E-state index is 5.73. The smallest absolute Gasteiger partial charge is 0.435 e. The van der Waals surface area contributed by atoms with Crippen LogP contribution in [0.15, 0.2) is 47.7 Å². The molecule has 6 nitrogen and oxygen atoms in total. The highest BCUT2D eigenvalue weighted by atomic mass is 127. The normalized spacial score (nSPS) is 15.3. The Bertz CT molecular complexity index is 1420. The molecule has 0 saturated carbocycles. The molecular weight excluding hydrogens is 602 g/mol. The minimum absolute atomic E-state index is 0.301. The molecule has 0 unspecified atom stereocenters. The maximum atomic E-state index is 5.73. The summed E-state index contributed by atoms with van der Waals surface area (Å²) in [5.74, 6) is 13.9. The van der Waals surface area contributed by atoms with E-state index in [1.165, 1.54) is 25.8 Å². The van der Waals surface area contributed by atoms with Crippen LogP contribution in [0.25, 0.3) is 5.57 Å². The number of hydrogen-bond donors (Lipinski definition) is 0. The molecule has 0 bridgehead atoms. The van der Waals surface area contributed by atoms with E-state index < -0.39 is 6.42 Å². The van der Waals surface area contributed by atoms with Gasteiger partial charge in [0.15, 0.2) is 5.70 Å². The van der Waals surface area contributed by atoms with E-state index in [0.717, 1.165) is 22.8 Å². The van der Waals surface area contributed by atoms with Gasteiger partial charge in [-0.1, -0.05) is 12.1 Å². The Balaban J connectivity index is 1.95. The highest BCUT2D eigenvalue weighted by molar-refractivity contribution is 14.1. The van der Waals surface area contributed by atoms with Gasteiger partial charge < -0.3 is 27.9 Å².